The fourth-order valence-corrected chi connectivity index (χ4v) is 0.417. The second-order valence-electron chi connectivity index (χ2n) is 1.15. The summed E-state index contributed by atoms with van der Waals surface area (Å²) in [5.74, 6) is 0. The molecule has 0 saturated heterocycles. The van der Waals surface area contributed by atoms with Crippen molar-refractivity contribution >= 4 is 0 Å². The van der Waals surface area contributed by atoms with Gasteiger partial charge in [-0.15, -0.1) is 0 Å². The third-order valence-corrected chi connectivity index (χ3v) is 0.691. The monoisotopic (exact) mass is 100 g/mol. The molecule has 1 aliphatic heterocycles. The largest absolute Gasteiger partial charge is 0.391 e. The molecule has 0 fully saturated rings. The van der Waals surface area contributed by atoms with Crippen molar-refractivity contribution in [2.45, 2.75) is 6.42 Å². The van der Waals surface area contributed by atoms with E-state index in [2.05, 4.69) is 17.0 Å². The summed E-state index contributed by atoms with van der Waals surface area (Å²) in [4.78, 5) is 7.50. The average Bonchev–Trinajstić information content (AvgIpc) is 2.23. The van der Waals surface area contributed by atoms with E-state index in [4.69, 9.17) is 4.91 Å². The van der Waals surface area contributed by atoms with Crippen LogP contribution in [0, 0.1) is 10.5 Å². The van der Waals surface area contributed by atoms with E-state index < -0.39 is 0 Å². The van der Waals surface area contributed by atoms with Gasteiger partial charge >= 0.3 is 0 Å². The fraction of sp³-hybridized carbons (Fsp3) is 0.500. The van der Waals surface area contributed by atoms with Crippen LogP contribution < -0.4 is 5.32 Å². The first kappa shape index (κ1) is 6.14. The lowest BCUT2D eigenvalue weighted by molar-refractivity contribution is 0.917. The standard InChI is InChI=1S/C4H7N.HNO/c1-2-4-5-3-1;1-2/h1,3,5H,2,4H2;1H. The van der Waals surface area contributed by atoms with Crippen LogP contribution >= 0.6 is 0 Å². The predicted molar refractivity (Wildman–Crippen MR) is 27.8 cm³/mol. The zero-order chi connectivity index (χ0) is 5.54. The first-order valence-electron chi connectivity index (χ1n) is 2.09. The molecule has 2 N–H and O–H groups in total. The Balaban J connectivity index is 0.000000162. The summed E-state index contributed by atoms with van der Waals surface area (Å²) in [7, 11) is 0. The number of hydrogen-bond donors (Lipinski definition) is 2. The Morgan fingerprint density at radius 3 is 2.43 bits per heavy atom. The normalized spacial score (nSPS) is 14.3. The second kappa shape index (κ2) is 5.14. The van der Waals surface area contributed by atoms with Gasteiger partial charge in [0.1, 0.15) is 0 Å². The van der Waals surface area contributed by atoms with Crippen LogP contribution in [0.4, 0.5) is 0 Å². The van der Waals surface area contributed by atoms with Gasteiger partial charge in [0.05, 0.1) is 0 Å². The van der Waals surface area contributed by atoms with Gasteiger partial charge in [-0.25, -0.2) is 0 Å². The van der Waals surface area contributed by atoms with E-state index in [1.165, 1.54) is 6.42 Å². The maximum atomic E-state index is 7.50. The van der Waals surface area contributed by atoms with E-state index in [0.29, 0.717) is 0 Å². The number of hydrogen-bond acceptors (Lipinski definition) is 3. The van der Waals surface area contributed by atoms with Gasteiger partial charge in [0, 0.05) is 6.54 Å². The van der Waals surface area contributed by atoms with Crippen molar-refractivity contribution in [3.63, 3.8) is 0 Å². The quantitative estimate of drug-likeness (QED) is 0.443. The molecule has 3 heteroatoms. The third-order valence-electron chi connectivity index (χ3n) is 0.691. The smallest absolute Gasteiger partial charge is 0.0176 e. The van der Waals surface area contributed by atoms with Crippen LogP contribution in [0.25, 0.3) is 0 Å². The van der Waals surface area contributed by atoms with Gasteiger partial charge in [0.25, 0.3) is 0 Å². The van der Waals surface area contributed by atoms with Crippen molar-refractivity contribution in [2.75, 3.05) is 6.54 Å². The highest BCUT2D eigenvalue weighted by Gasteiger charge is 1.81. The van der Waals surface area contributed by atoms with Crippen LogP contribution in [-0.2, 0) is 0 Å². The summed E-state index contributed by atoms with van der Waals surface area (Å²) in [6.07, 6.45) is 5.32. The lowest BCUT2D eigenvalue weighted by Crippen LogP contribution is -1.96. The average molecular weight is 100 g/mol. The predicted octanol–water partition coefficient (Wildman–Crippen LogP) is 0.825. The summed E-state index contributed by atoms with van der Waals surface area (Å²) in [5, 5.41) is 3.04. The summed E-state index contributed by atoms with van der Waals surface area (Å²) < 4.78 is 0. The molecular formula is C4H8N2O. The molecule has 1 rings (SSSR count). The molecule has 40 valence electrons. The van der Waals surface area contributed by atoms with Crippen molar-refractivity contribution in [1.29, 1.82) is 5.59 Å². The van der Waals surface area contributed by atoms with Gasteiger partial charge in [-0.3, -0.25) is 0 Å². The molecule has 1 aliphatic rings. The van der Waals surface area contributed by atoms with Gasteiger partial charge in [-0.1, -0.05) is 11.7 Å². The lowest BCUT2D eigenvalue weighted by atomic mass is 10.5. The Labute approximate surface area is 42.2 Å². The Morgan fingerprint density at radius 1 is 1.57 bits per heavy atom. The molecule has 0 aromatic carbocycles. The summed E-state index contributed by atoms with van der Waals surface area (Å²) in [6.45, 7) is 1.14. The highest BCUT2D eigenvalue weighted by molar-refractivity contribution is 4.86. The van der Waals surface area contributed by atoms with E-state index >= 15 is 0 Å². The minimum atomic E-state index is 1.14. The Kier molecular flexibility index (Phi) is 4.51. The highest BCUT2D eigenvalue weighted by atomic mass is 16.2. The van der Waals surface area contributed by atoms with Crippen LogP contribution in [0.5, 0.6) is 0 Å². The molecule has 0 saturated carbocycles. The van der Waals surface area contributed by atoms with Gasteiger partial charge in [0.15, 0.2) is 0 Å². The fourth-order valence-electron chi connectivity index (χ4n) is 0.417. The minimum absolute atomic E-state index is 1.14. The van der Waals surface area contributed by atoms with E-state index in [1.54, 1.807) is 0 Å². The van der Waals surface area contributed by atoms with Gasteiger partial charge < -0.3 is 5.32 Å². The number of nitroso groups, excluding NO2 is 1. The molecule has 0 atom stereocenters. The Hall–Kier alpha value is -0.860. The van der Waals surface area contributed by atoms with Gasteiger partial charge in [-0.2, -0.15) is 4.91 Å². The lowest BCUT2D eigenvalue weighted by Gasteiger charge is -1.78. The molecule has 7 heavy (non-hydrogen) atoms. The zero-order valence-corrected chi connectivity index (χ0v) is 3.98. The Morgan fingerprint density at radius 2 is 2.29 bits per heavy atom. The minimum Gasteiger partial charge on any atom is -0.391 e. The molecule has 0 aliphatic carbocycles. The first-order chi connectivity index (χ1) is 3.50. The van der Waals surface area contributed by atoms with Gasteiger partial charge in [-0.05, 0) is 12.6 Å². The Bertz CT molecular complexity index is 56.7. The molecular weight excluding hydrogens is 92.1 g/mol. The van der Waals surface area contributed by atoms with Crippen molar-refractivity contribution < 1.29 is 0 Å². The zero-order valence-electron chi connectivity index (χ0n) is 3.98. The van der Waals surface area contributed by atoms with Crippen LogP contribution in [0.2, 0.25) is 0 Å². The van der Waals surface area contributed by atoms with E-state index in [-0.39, 0.29) is 0 Å². The molecule has 0 amide bonds. The van der Waals surface area contributed by atoms with Crippen molar-refractivity contribution in [3.8, 4) is 0 Å². The maximum absolute atomic E-state index is 7.50. The van der Waals surface area contributed by atoms with Crippen LogP contribution in [0.3, 0.4) is 0 Å². The molecule has 0 radical (unpaired) electrons. The first-order valence-corrected chi connectivity index (χ1v) is 2.09. The van der Waals surface area contributed by atoms with Crippen LogP contribution in [0.15, 0.2) is 12.3 Å². The van der Waals surface area contributed by atoms with Crippen molar-refractivity contribution in [2.24, 2.45) is 0 Å². The topological polar surface area (TPSA) is 53.0 Å². The molecule has 1 heterocycles. The maximum Gasteiger partial charge on any atom is 0.0176 e. The highest BCUT2D eigenvalue weighted by Crippen LogP contribution is 1.84. The second-order valence-corrected chi connectivity index (χ2v) is 1.15. The molecule has 0 bridgehead atoms. The van der Waals surface area contributed by atoms with Crippen LogP contribution in [-0.4, -0.2) is 6.54 Å². The molecule has 3 nitrogen and oxygen atoms in total. The molecule has 0 aromatic heterocycles. The van der Waals surface area contributed by atoms with Gasteiger partial charge in [0.2, 0.25) is 0 Å². The van der Waals surface area contributed by atoms with Crippen LogP contribution in [0.1, 0.15) is 6.42 Å². The number of nitrogens with one attached hydrogen (secondary N) is 2. The molecule has 0 aromatic rings. The summed E-state index contributed by atoms with van der Waals surface area (Å²) >= 11 is 0. The summed E-state index contributed by atoms with van der Waals surface area (Å²) in [6, 6.07) is 0. The van der Waals surface area contributed by atoms with E-state index in [0.717, 1.165) is 6.54 Å². The molecule has 0 spiro atoms. The van der Waals surface area contributed by atoms with Crippen molar-refractivity contribution in [1.82, 2.24) is 5.32 Å². The summed E-state index contributed by atoms with van der Waals surface area (Å²) in [5.41, 5.74) is 4.50. The third kappa shape index (κ3) is 2.96. The van der Waals surface area contributed by atoms with E-state index in [1.807, 2.05) is 6.20 Å². The van der Waals surface area contributed by atoms with E-state index in [9.17, 15) is 0 Å². The van der Waals surface area contributed by atoms with Crippen molar-refractivity contribution in [3.05, 3.63) is 17.2 Å². The SMILES string of the molecule is C1=CNCC1.N=O. The number of rotatable bonds is 0. The molecule has 0 unspecified atom stereocenters.